The largest absolute Gasteiger partial charge is 0.479 e. The minimum Gasteiger partial charge on any atom is -0.479 e. The number of aliphatic hydroxyl groups excluding tert-OH is 3. The fraction of sp³-hybridized carbons (Fsp3) is 0.524. The minimum absolute atomic E-state index is 0.0291. The Kier molecular flexibility index (Phi) is 25.8. The van der Waals surface area contributed by atoms with Gasteiger partial charge in [0.15, 0.2) is 22.7 Å². The number of aromatic nitrogens is 4. The van der Waals surface area contributed by atoms with Crippen molar-refractivity contribution < 1.29 is 110 Å². The molecule has 12 atom stereocenters. The molecule has 8 aliphatic rings. The number of benzene rings is 3. The van der Waals surface area contributed by atoms with Crippen LogP contribution in [0.25, 0.3) is 21.3 Å². The van der Waals surface area contributed by atoms with Gasteiger partial charge in [-0.15, -0.1) is 0 Å². The number of nitrogens with zero attached hydrogens (tertiary/aromatic N) is 7. The average Bonchev–Trinajstić information content (AvgIpc) is 0.864. The molecule has 6 heterocycles. The van der Waals surface area contributed by atoms with Gasteiger partial charge in [0.25, 0.3) is 27.8 Å². The SMILES string of the molecule is Cc1c(-c2ccc(C3CCc4cccc(C(=O)Nc5nc6ccccc6s5)c4C3)nc2C(=O)O)cnn1CC12CC3(C)CC(C)(C1)CC(OCCN(CCC(N)=O)C(=O)OCc1ccc(NC(=O)[C@H](C)CC(=O)[C@@H](NC(=O)CN4C(=O)C(N5C(=O)C=CC5=O)C[C@H]4COCCS(=O)(=O)O)C(C)C)cc1CC[C@@H]1O[C@H](C(=O)O)[C@@H](O)[C@H](O)[C@H]1O)(C3)C2. The van der Waals surface area contributed by atoms with Gasteiger partial charge in [0, 0.05) is 96.7 Å². The molecule has 11 N–H and O–H groups in total. The van der Waals surface area contributed by atoms with E-state index in [-0.39, 0.29) is 91.4 Å². The number of carbonyl (C=O) groups is 11. The number of primary amides is 1. The molecule has 5 aliphatic carbocycles. The first kappa shape index (κ1) is 87.5. The predicted molar refractivity (Wildman–Crippen MR) is 432 cm³/mol. The molecule has 2 saturated heterocycles. The molecule has 120 heavy (non-hydrogen) atoms. The van der Waals surface area contributed by atoms with Gasteiger partial charge in [-0.25, -0.2) is 24.4 Å². The number of aromatic carboxylic acids is 1. The third-order valence-corrected chi connectivity index (χ3v) is 26.1. The normalized spacial score (nSPS) is 26.1. The second-order valence-corrected chi connectivity index (χ2v) is 37.0. The van der Waals surface area contributed by atoms with Gasteiger partial charge in [0.2, 0.25) is 23.6 Å². The van der Waals surface area contributed by atoms with Crippen molar-refractivity contribution in [2.75, 3.05) is 55.8 Å². The van der Waals surface area contributed by atoms with Crippen molar-refractivity contribution in [2.24, 2.45) is 33.8 Å². The summed E-state index contributed by atoms with van der Waals surface area (Å²) in [4.78, 5) is 160. The number of carboxylic acid groups (broad SMARTS) is 2. The Morgan fingerprint density at radius 2 is 1.56 bits per heavy atom. The zero-order chi connectivity index (χ0) is 86.2. The van der Waals surface area contributed by atoms with Crippen molar-refractivity contribution in [2.45, 2.75) is 205 Å². The van der Waals surface area contributed by atoms with Gasteiger partial charge in [0.05, 0.1) is 72.3 Å². The fourth-order valence-corrected chi connectivity index (χ4v) is 21.2. The summed E-state index contributed by atoms with van der Waals surface area (Å²) in [5, 5.41) is 66.8. The summed E-state index contributed by atoms with van der Waals surface area (Å²) in [6.45, 7) is 9.65. The molecule has 34 nitrogen and oxygen atoms in total. The summed E-state index contributed by atoms with van der Waals surface area (Å²) < 4.78 is 59.0. The summed E-state index contributed by atoms with van der Waals surface area (Å²) >= 11 is 1.40. The van der Waals surface area contributed by atoms with E-state index >= 15 is 0 Å². The number of fused-ring (bicyclic) bond motifs is 2. The lowest BCUT2D eigenvalue weighted by atomic mass is 9.39. The van der Waals surface area contributed by atoms with Crippen molar-refractivity contribution in [3.63, 3.8) is 0 Å². The van der Waals surface area contributed by atoms with Crippen LogP contribution in [0, 0.1) is 35.0 Å². The minimum atomic E-state index is -4.43. The summed E-state index contributed by atoms with van der Waals surface area (Å²) in [6.07, 6.45) is -0.515. The van der Waals surface area contributed by atoms with Crippen molar-refractivity contribution in [3.8, 4) is 11.1 Å². The van der Waals surface area contributed by atoms with Crippen LogP contribution in [-0.4, -0.2) is 238 Å². The maximum absolute atomic E-state index is 14.5. The number of para-hydroxylation sites is 1. The Labute approximate surface area is 695 Å². The highest BCUT2D eigenvalue weighted by Gasteiger charge is 2.66. The molecule has 36 heteroatoms. The Morgan fingerprint density at radius 1 is 0.825 bits per heavy atom. The molecular formula is C84H101N11O23S2. The maximum atomic E-state index is 14.5. The number of pyridine rings is 1. The fourth-order valence-electron chi connectivity index (χ4n) is 20.0. The number of ether oxygens (including phenoxy) is 4. The number of anilines is 2. The number of aryl methyl sites for hydroxylation is 2. The van der Waals surface area contributed by atoms with Crippen molar-refractivity contribution in [3.05, 3.63) is 136 Å². The first-order chi connectivity index (χ1) is 56.8. The quantitative estimate of drug-likeness (QED) is 0.0122. The van der Waals surface area contributed by atoms with Gasteiger partial charge in [-0.2, -0.15) is 13.5 Å². The number of hydrogen-bond acceptors (Lipinski definition) is 24. The number of hydrogen-bond donors (Lipinski definition) is 10. The lowest BCUT2D eigenvalue weighted by molar-refractivity contribution is -0.248. The summed E-state index contributed by atoms with van der Waals surface area (Å²) in [5.41, 5.74) is 10.9. The number of likely N-dealkylation sites (tertiary alicyclic amines) is 1. The van der Waals surface area contributed by atoms with Crippen LogP contribution in [0.4, 0.5) is 15.6 Å². The highest BCUT2D eigenvalue weighted by atomic mass is 32.2. The third-order valence-electron chi connectivity index (χ3n) is 24.5. The van der Waals surface area contributed by atoms with Crippen LogP contribution in [0.3, 0.4) is 0 Å². The number of carboxylic acids is 2. The molecule has 4 unspecified atom stereocenters. The molecule has 4 saturated carbocycles. The van der Waals surface area contributed by atoms with Crippen molar-refractivity contribution in [1.82, 2.24) is 39.8 Å². The van der Waals surface area contributed by atoms with E-state index in [0.717, 1.165) is 81.1 Å². The number of nitrogens with one attached hydrogen (secondary N) is 3. The number of thiazole rings is 1. The van der Waals surface area contributed by atoms with Gasteiger partial charge in [-0.3, -0.25) is 57.8 Å². The molecule has 0 spiro atoms. The summed E-state index contributed by atoms with van der Waals surface area (Å²) in [7, 11) is -4.43. The Balaban J connectivity index is 0.660. The number of aliphatic carboxylic acids is 1. The lowest BCUT2D eigenvalue weighted by Crippen LogP contribution is -2.64. The van der Waals surface area contributed by atoms with E-state index in [1.165, 1.54) is 41.4 Å². The van der Waals surface area contributed by atoms with E-state index in [9.17, 15) is 91.2 Å². The molecule has 3 aromatic heterocycles. The van der Waals surface area contributed by atoms with Crippen LogP contribution < -0.4 is 21.7 Å². The van der Waals surface area contributed by atoms with Crippen LogP contribution in [0.2, 0.25) is 0 Å². The second-order valence-electron chi connectivity index (χ2n) is 34.4. The zero-order valence-corrected chi connectivity index (χ0v) is 69.1. The Morgan fingerprint density at radius 3 is 2.25 bits per heavy atom. The smallest absolute Gasteiger partial charge is 0.410 e. The number of aliphatic hydroxyl groups is 3. The van der Waals surface area contributed by atoms with E-state index in [4.69, 9.17) is 34.8 Å². The monoisotopic (exact) mass is 1700 g/mol. The standard InChI is InChI=1S/C84H101N11O23S2/c1-45(2)68(90-65(98)35-93-53(37-115-28-29-120(112,113)114)33-60(76(93)106)95-66(99)22-23-67(95)100)61(96)30-46(3)74(104)87-52-18-16-51(49(31-52)17-21-62-70(101)71(102)72(103)73(118-62)78(109)110)36-116-80(111)92(25-24-64(85)97)26-27-117-84-41-81(5)38-82(6,42-84)40-83(39-81,43-84)44-94-47(4)57(34-86-94)54-19-20-58(88-69(54)77(107)108)50-15-14-48-10-9-11-55(56(48)32-50)75(105)91-79-89-59-12-7-8-13-63(59)119-79/h7-13,16,18-20,22-23,31,34,45-46,50,53,60,62,68,70-73,101-103H,14-15,17,21,24-30,32-33,35-44H2,1-6H3,(H2,85,97)(H,87,104)(H,90,98)(H,107,108)(H,109,110)(H,89,91,105)(H,112,113,114)/t46-,50?,53+,60?,62+,68+,70+,71-,72+,73+,81?,82?,83?,84?/m1/s1. The van der Waals surface area contributed by atoms with Crippen LogP contribution in [0.15, 0.2) is 91.1 Å². The predicted octanol–water partition coefficient (Wildman–Crippen LogP) is 6.08. The van der Waals surface area contributed by atoms with Crippen LogP contribution in [0.5, 0.6) is 0 Å². The second kappa shape index (κ2) is 35.4. The van der Waals surface area contributed by atoms with Gasteiger partial charge < -0.3 is 70.6 Å². The van der Waals surface area contributed by atoms with Gasteiger partial charge in [0.1, 0.15) is 31.0 Å². The Hall–Kier alpha value is -10.3. The van der Waals surface area contributed by atoms with Gasteiger partial charge in [-0.05, 0) is 164 Å². The van der Waals surface area contributed by atoms with E-state index in [1.807, 2.05) is 60.1 Å². The van der Waals surface area contributed by atoms with Crippen molar-refractivity contribution in [1.29, 1.82) is 0 Å². The van der Waals surface area contributed by atoms with E-state index < -0.39 is 167 Å². The topological polar surface area (TPSA) is 496 Å². The summed E-state index contributed by atoms with van der Waals surface area (Å²) in [5.74, 6) is -10.7. The number of carbonyl (C=O) groups excluding carboxylic acids is 9. The zero-order valence-electron chi connectivity index (χ0n) is 67.4. The first-order valence-corrected chi connectivity index (χ1v) is 42.7. The van der Waals surface area contributed by atoms with E-state index in [1.54, 1.807) is 26.1 Å². The number of nitrogens with two attached hydrogens (primary N) is 1. The highest BCUT2D eigenvalue weighted by Crippen LogP contribution is 2.72. The maximum Gasteiger partial charge on any atom is 0.410 e. The van der Waals surface area contributed by atoms with Crippen LogP contribution in [-0.2, 0) is 99.8 Å². The molecule has 14 rings (SSSR count). The van der Waals surface area contributed by atoms with E-state index in [2.05, 4.69) is 34.8 Å². The molecule has 0 radical (unpaired) electrons. The highest BCUT2D eigenvalue weighted by molar-refractivity contribution is 7.85. The average molecular weight is 1700 g/mol. The molecule has 3 aliphatic heterocycles. The van der Waals surface area contributed by atoms with Gasteiger partial charge >= 0.3 is 18.0 Å². The molecule has 6 aromatic rings. The molecule has 642 valence electrons. The van der Waals surface area contributed by atoms with Gasteiger partial charge in [-0.1, -0.05) is 76.3 Å². The molecular weight excluding hydrogens is 1600 g/mol. The number of ketones is 1. The number of Topliss-reactive ketones (excluding diaryl/α,β-unsaturated/α-hetero) is 1. The molecule has 6 fully saturated rings. The summed E-state index contributed by atoms with van der Waals surface area (Å²) in [6, 6.07) is 18.1. The first-order valence-electron chi connectivity index (χ1n) is 40.2. The third kappa shape index (κ3) is 19.5. The molecule has 8 amide bonds. The molecule has 3 aromatic carbocycles. The number of amides is 8. The van der Waals surface area contributed by atoms with Crippen LogP contribution >= 0.6 is 11.3 Å². The van der Waals surface area contributed by atoms with Crippen molar-refractivity contribution >= 4 is 108 Å². The van der Waals surface area contributed by atoms with Crippen LogP contribution in [0.1, 0.15) is 166 Å². The molecule has 4 bridgehead atoms. The number of rotatable bonds is 35. The van der Waals surface area contributed by atoms with E-state index in [0.29, 0.717) is 70.9 Å². The lowest BCUT2D eigenvalue weighted by Gasteiger charge is -2.69. The Bertz CT molecular complexity index is 5110. The number of imide groups is 1.